The molecule has 1 heterocycles. The van der Waals surface area contributed by atoms with Gasteiger partial charge in [0.05, 0.1) is 4.92 Å². The fourth-order valence-corrected chi connectivity index (χ4v) is 1.88. The SMILES string of the molecule is Cc1ccc(C)n1NC(=O)COc1ccccc1[N+](=O)[O-]. The summed E-state index contributed by atoms with van der Waals surface area (Å²) in [7, 11) is 0. The summed E-state index contributed by atoms with van der Waals surface area (Å²) < 4.78 is 6.85. The molecule has 0 aliphatic carbocycles. The maximum Gasteiger partial charge on any atom is 0.310 e. The van der Waals surface area contributed by atoms with Gasteiger partial charge in [-0.25, -0.2) is 0 Å². The molecule has 0 aliphatic heterocycles. The van der Waals surface area contributed by atoms with Gasteiger partial charge >= 0.3 is 5.69 Å². The Morgan fingerprint density at radius 1 is 1.24 bits per heavy atom. The van der Waals surface area contributed by atoms with Crippen LogP contribution < -0.4 is 10.2 Å². The van der Waals surface area contributed by atoms with Crippen LogP contribution in [0.1, 0.15) is 11.4 Å². The number of nitrogens with one attached hydrogen (secondary N) is 1. The van der Waals surface area contributed by atoms with E-state index in [-0.39, 0.29) is 18.0 Å². The van der Waals surface area contributed by atoms with E-state index in [2.05, 4.69) is 5.43 Å². The Balaban J connectivity index is 2.01. The molecule has 0 bridgehead atoms. The van der Waals surface area contributed by atoms with Gasteiger partial charge in [-0.05, 0) is 32.0 Å². The van der Waals surface area contributed by atoms with Gasteiger partial charge in [-0.1, -0.05) is 12.1 Å². The van der Waals surface area contributed by atoms with Crippen LogP contribution >= 0.6 is 0 Å². The first-order chi connectivity index (χ1) is 9.99. The molecule has 0 fully saturated rings. The highest BCUT2D eigenvalue weighted by molar-refractivity contribution is 5.85. The van der Waals surface area contributed by atoms with Crippen molar-refractivity contribution in [2.75, 3.05) is 12.0 Å². The molecule has 0 aliphatic rings. The molecule has 1 N–H and O–H groups in total. The van der Waals surface area contributed by atoms with Crippen LogP contribution in [0.3, 0.4) is 0 Å². The Kier molecular flexibility index (Phi) is 4.22. The number of carbonyl (C=O) groups excluding carboxylic acids is 1. The fourth-order valence-electron chi connectivity index (χ4n) is 1.88. The third-order valence-electron chi connectivity index (χ3n) is 2.93. The van der Waals surface area contributed by atoms with E-state index in [1.165, 1.54) is 18.2 Å². The molecule has 0 atom stereocenters. The summed E-state index contributed by atoms with van der Waals surface area (Å²) in [5, 5.41) is 10.8. The topological polar surface area (TPSA) is 86.4 Å². The molecule has 1 aromatic carbocycles. The van der Waals surface area contributed by atoms with E-state index in [1.54, 1.807) is 10.7 Å². The Hall–Kier alpha value is -2.83. The lowest BCUT2D eigenvalue weighted by atomic mass is 10.3. The van der Waals surface area contributed by atoms with Gasteiger partial charge in [0.1, 0.15) is 0 Å². The number of aryl methyl sites for hydroxylation is 2. The predicted molar refractivity (Wildman–Crippen MR) is 76.9 cm³/mol. The molecule has 2 rings (SSSR count). The second-order valence-electron chi connectivity index (χ2n) is 4.50. The smallest absolute Gasteiger partial charge is 0.310 e. The monoisotopic (exact) mass is 289 g/mol. The number of hydrogen-bond donors (Lipinski definition) is 1. The summed E-state index contributed by atoms with van der Waals surface area (Å²) in [6.07, 6.45) is 0. The molecule has 1 aromatic heterocycles. The van der Waals surface area contributed by atoms with Crippen LogP contribution in [0.15, 0.2) is 36.4 Å². The summed E-state index contributed by atoms with van der Waals surface area (Å²) in [6, 6.07) is 9.68. The first kappa shape index (κ1) is 14.6. The molecule has 7 nitrogen and oxygen atoms in total. The minimum Gasteiger partial charge on any atom is -0.477 e. The molecule has 110 valence electrons. The lowest BCUT2D eigenvalue weighted by Gasteiger charge is -2.11. The van der Waals surface area contributed by atoms with E-state index in [0.717, 1.165) is 11.4 Å². The largest absolute Gasteiger partial charge is 0.477 e. The van der Waals surface area contributed by atoms with Crippen molar-refractivity contribution < 1.29 is 14.5 Å². The Bertz CT molecular complexity index is 659. The quantitative estimate of drug-likeness (QED) is 0.675. The van der Waals surface area contributed by atoms with Crippen LogP contribution in [0.5, 0.6) is 5.75 Å². The summed E-state index contributed by atoms with van der Waals surface area (Å²) in [5.74, 6) is -0.325. The molecular weight excluding hydrogens is 274 g/mol. The van der Waals surface area contributed by atoms with Gasteiger partial charge in [-0.15, -0.1) is 0 Å². The summed E-state index contributed by atoms with van der Waals surface area (Å²) in [6.45, 7) is 3.41. The van der Waals surface area contributed by atoms with Gasteiger partial charge in [-0.3, -0.25) is 25.0 Å². The number of amides is 1. The van der Waals surface area contributed by atoms with Crippen LogP contribution in [0.2, 0.25) is 0 Å². The number of nitrogens with zero attached hydrogens (tertiary/aromatic N) is 2. The number of benzene rings is 1. The molecule has 0 spiro atoms. The lowest BCUT2D eigenvalue weighted by molar-refractivity contribution is -0.385. The normalized spacial score (nSPS) is 10.2. The van der Waals surface area contributed by atoms with Crippen molar-refractivity contribution in [2.45, 2.75) is 13.8 Å². The highest BCUT2D eigenvalue weighted by atomic mass is 16.6. The number of nitro groups is 1. The van der Waals surface area contributed by atoms with Crippen molar-refractivity contribution in [1.82, 2.24) is 4.68 Å². The van der Waals surface area contributed by atoms with Gasteiger partial charge in [0.25, 0.3) is 5.91 Å². The maximum atomic E-state index is 11.8. The van der Waals surface area contributed by atoms with E-state index in [1.807, 2.05) is 26.0 Å². The van der Waals surface area contributed by atoms with Crippen LogP contribution in [-0.2, 0) is 4.79 Å². The molecule has 21 heavy (non-hydrogen) atoms. The average Bonchev–Trinajstić information content (AvgIpc) is 2.77. The number of rotatable bonds is 5. The number of hydrogen-bond acceptors (Lipinski definition) is 4. The molecule has 0 unspecified atom stereocenters. The molecule has 1 amide bonds. The van der Waals surface area contributed by atoms with Crippen LogP contribution in [-0.4, -0.2) is 22.1 Å². The molecule has 0 saturated heterocycles. The summed E-state index contributed by atoms with van der Waals surface area (Å²) >= 11 is 0. The minimum atomic E-state index is -0.548. The third kappa shape index (κ3) is 3.38. The number of aromatic nitrogens is 1. The molecule has 2 aromatic rings. The number of nitro benzene ring substituents is 1. The highest BCUT2D eigenvalue weighted by Crippen LogP contribution is 2.25. The third-order valence-corrected chi connectivity index (χ3v) is 2.93. The van der Waals surface area contributed by atoms with Gasteiger partial charge < -0.3 is 4.74 Å². The predicted octanol–water partition coefficient (Wildman–Crippen LogP) is 2.16. The van der Waals surface area contributed by atoms with Crippen LogP contribution in [0.4, 0.5) is 5.69 Å². The van der Waals surface area contributed by atoms with Crippen LogP contribution in [0.25, 0.3) is 0 Å². The lowest BCUT2D eigenvalue weighted by Crippen LogP contribution is -2.29. The van der Waals surface area contributed by atoms with Crippen molar-refractivity contribution in [3.05, 3.63) is 57.9 Å². The number of carbonyl (C=O) groups is 1. The van der Waals surface area contributed by atoms with E-state index in [0.29, 0.717) is 0 Å². The first-order valence-electron chi connectivity index (χ1n) is 6.30. The Morgan fingerprint density at radius 3 is 2.48 bits per heavy atom. The van der Waals surface area contributed by atoms with Crippen molar-refractivity contribution >= 4 is 11.6 Å². The Morgan fingerprint density at radius 2 is 1.86 bits per heavy atom. The zero-order valence-corrected chi connectivity index (χ0v) is 11.7. The van der Waals surface area contributed by atoms with Gasteiger partial charge in [0.2, 0.25) is 0 Å². The minimum absolute atomic E-state index is 0.0681. The zero-order valence-electron chi connectivity index (χ0n) is 11.7. The molecule has 0 saturated carbocycles. The molecule has 0 radical (unpaired) electrons. The standard InChI is InChI=1S/C14H15N3O4/c1-10-7-8-11(2)16(10)15-14(18)9-21-13-6-4-3-5-12(13)17(19)20/h3-8H,9H2,1-2H3,(H,15,18). The maximum absolute atomic E-state index is 11.8. The number of para-hydroxylation sites is 2. The van der Waals surface area contributed by atoms with E-state index in [9.17, 15) is 14.9 Å². The Labute approximate surface area is 121 Å². The molecular formula is C14H15N3O4. The van der Waals surface area contributed by atoms with Gasteiger partial charge in [-0.2, -0.15) is 0 Å². The average molecular weight is 289 g/mol. The first-order valence-corrected chi connectivity index (χ1v) is 6.30. The van der Waals surface area contributed by atoms with E-state index in [4.69, 9.17) is 4.74 Å². The van der Waals surface area contributed by atoms with Gasteiger partial charge in [0, 0.05) is 17.5 Å². The molecule has 7 heteroatoms. The van der Waals surface area contributed by atoms with E-state index >= 15 is 0 Å². The van der Waals surface area contributed by atoms with Crippen molar-refractivity contribution in [3.63, 3.8) is 0 Å². The summed E-state index contributed by atoms with van der Waals surface area (Å²) in [5.41, 5.74) is 4.25. The zero-order chi connectivity index (χ0) is 15.4. The van der Waals surface area contributed by atoms with Crippen LogP contribution in [0, 0.1) is 24.0 Å². The van der Waals surface area contributed by atoms with Crippen molar-refractivity contribution in [3.8, 4) is 5.75 Å². The second-order valence-corrected chi connectivity index (χ2v) is 4.50. The van der Waals surface area contributed by atoms with Crippen molar-refractivity contribution in [1.29, 1.82) is 0 Å². The number of ether oxygens (including phenoxy) is 1. The van der Waals surface area contributed by atoms with Crippen molar-refractivity contribution in [2.24, 2.45) is 0 Å². The van der Waals surface area contributed by atoms with E-state index < -0.39 is 10.8 Å². The highest BCUT2D eigenvalue weighted by Gasteiger charge is 2.15. The van der Waals surface area contributed by atoms with Gasteiger partial charge in [0.15, 0.2) is 12.4 Å². The second kappa shape index (κ2) is 6.08. The summed E-state index contributed by atoms with van der Waals surface area (Å²) in [4.78, 5) is 22.1. The fraction of sp³-hybridized carbons (Fsp3) is 0.214.